The van der Waals surface area contributed by atoms with E-state index in [1.54, 1.807) is 0 Å². The van der Waals surface area contributed by atoms with E-state index in [1.165, 1.54) is 51.2 Å². The number of nitrogens with two attached hydrogens (primary N) is 1. The van der Waals surface area contributed by atoms with Crippen LogP contribution in [0.25, 0.3) is 0 Å². The van der Waals surface area contributed by atoms with Crippen LogP contribution in [-0.4, -0.2) is 38.7 Å². The van der Waals surface area contributed by atoms with Gasteiger partial charge in [-0.05, 0) is 56.3 Å². The molecule has 0 saturated carbocycles. The lowest BCUT2D eigenvalue weighted by molar-refractivity contribution is -0.137. The first-order valence-electron chi connectivity index (χ1n) is 10.7. The quantitative estimate of drug-likeness (QED) is 0.261. The topological polar surface area (TPSA) is 121 Å². The van der Waals surface area contributed by atoms with Crippen molar-refractivity contribution in [2.75, 3.05) is 12.4 Å². The summed E-state index contributed by atoms with van der Waals surface area (Å²) in [6.07, 6.45) is -4.72. The van der Waals surface area contributed by atoms with Gasteiger partial charge in [-0.15, -0.1) is 0 Å². The lowest BCUT2D eigenvalue weighted by atomic mass is 10.1. The highest BCUT2D eigenvalue weighted by molar-refractivity contribution is 7.89. The second-order valence-electron chi connectivity index (χ2n) is 7.88. The van der Waals surface area contributed by atoms with E-state index in [4.69, 9.17) is 10.5 Å². The number of amides is 2. The minimum atomic E-state index is -4.72. The molecule has 37 heavy (non-hydrogen) atoms. The highest BCUT2D eigenvalue weighted by Crippen LogP contribution is 2.36. The highest BCUT2D eigenvalue weighted by atomic mass is 32.2. The molecule has 0 spiro atoms. The summed E-state index contributed by atoms with van der Waals surface area (Å²) in [4.78, 5) is 28.8. The second kappa shape index (κ2) is 11.2. The number of halogens is 4. The standard InChI is InChI=1S/C24H22F4N4O4S/c1-13(29)23(34)32(3)37(35)17-6-4-5-16(12-17)31-22(33)18-8-7-15(24(26,27)28)11-20(18)36-19-9-10-21(25)30-14(19)2/h4-13H,29H2,1-3H3,(H,31,33)/t13-,37?/m1/s1. The van der Waals surface area contributed by atoms with Crippen molar-refractivity contribution in [3.8, 4) is 11.5 Å². The molecule has 13 heteroatoms. The number of carbonyl (C=O) groups is 2. The molecule has 1 unspecified atom stereocenters. The van der Waals surface area contributed by atoms with E-state index in [9.17, 15) is 31.7 Å². The molecule has 0 aliphatic carbocycles. The van der Waals surface area contributed by atoms with Gasteiger partial charge in [0.15, 0.2) is 4.90 Å². The van der Waals surface area contributed by atoms with Crippen LogP contribution < -0.4 is 15.8 Å². The van der Waals surface area contributed by atoms with Crippen molar-refractivity contribution in [3.63, 3.8) is 0 Å². The van der Waals surface area contributed by atoms with E-state index in [0.717, 1.165) is 22.5 Å². The summed E-state index contributed by atoms with van der Waals surface area (Å²) in [5.74, 6) is -2.69. The first-order chi connectivity index (χ1) is 17.3. The maximum absolute atomic E-state index is 13.4. The van der Waals surface area contributed by atoms with Gasteiger partial charge in [0.2, 0.25) is 5.95 Å². The van der Waals surface area contributed by atoms with Crippen LogP contribution in [0.5, 0.6) is 11.5 Å². The fourth-order valence-corrected chi connectivity index (χ4v) is 4.19. The van der Waals surface area contributed by atoms with Crippen molar-refractivity contribution >= 4 is 28.9 Å². The lowest BCUT2D eigenvalue weighted by Crippen LogP contribution is -2.42. The first kappa shape index (κ1) is 27.9. The monoisotopic (exact) mass is 538 g/mol. The summed E-state index contributed by atoms with van der Waals surface area (Å²) in [6, 6.07) is 9.33. The maximum Gasteiger partial charge on any atom is 0.416 e. The Balaban J connectivity index is 1.92. The van der Waals surface area contributed by atoms with E-state index in [0.29, 0.717) is 6.07 Å². The number of pyridine rings is 1. The van der Waals surface area contributed by atoms with Crippen molar-refractivity contribution in [1.82, 2.24) is 9.29 Å². The van der Waals surface area contributed by atoms with E-state index in [1.807, 2.05) is 0 Å². The van der Waals surface area contributed by atoms with Crippen molar-refractivity contribution in [1.29, 1.82) is 0 Å². The second-order valence-corrected chi connectivity index (χ2v) is 9.40. The predicted octanol–water partition coefficient (Wildman–Crippen LogP) is 4.42. The van der Waals surface area contributed by atoms with Gasteiger partial charge in [0.25, 0.3) is 11.8 Å². The van der Waals surface area contributed by atoms with Crippen LogP contribution in [-0.2, 0) is 22.3 Å². The summed E-state index contributed by atoms with van der Waals surface area (Å²) in [5.41, 5.74) is 4.44. The van der Waals surface area contributed by atoms with E-state index in [-0.39, 0.29) is 27.6 Å². The van der Waals surface area contributed by atoms with Crippen LogP contribution in [0.2, 0.25) is 0 Å². The molecule has 0 radical (unpaired) electrons. The van der Waals surface area contributed by atoms with E-state index in [2.05, 4.69) is 10.3 Å². The van der Waals surface area contributed by atoms with Gasteiger partial charge in [-0.25, -0.2) is 4.98 Å². The molecule has 2 amide bonds. The molecule has 2 atom stereocenters. The molecule has 2 aromatic carbocycles. The Bertz CT molecular complexity index is 1320. The molecule has 3 rings (SSSR count). The molecule has 0 aliphatic rings. The zero-order chi connectivity index (χ0) is 27.5. The van der Waals surface area contributed by atoms with Gasteiger partial charge in [0.1, 0.15) is 22.9 Å². The minimum absolute atomic E-state index is 0.0472. The Morgan fingerprint density at radius 3 is 2.46 bits per heavy atom. The summed E-state index contributed by atoms with van der Waals surface area (Å²) in [7, 11) is 1.31. The molecule has 0 aliphatic heterocycles. The number of anilines is 1. The van der Waals surface area contributed by atoms with E-state index < -0.39 is 52.7 Å². The number of aromatic nitrogens is 1. The summed E-state index contributed by atoms with van der Waals surface area (Å²) < 4.78 is 72.6. The van der Waals surface area contributed by atoms with Crippen LogP contribution in [0.1, 0.15) is 28.5 Å². The third-order valence-corrected chi connectivity index (χ3v) is 6.35. The van der Waals surface area contributed by atoms with Gasteiger partial charge >= 0.3 is 6.18 Å². The molecule has 196 valence electrons. The van der Waals surface area contributed by atoms with Gasteiger partial charge in [-0.1, -0.05) is 6.07 Å². The Hall–Kier alpha value is -3.68. The Morgan fingerprint density at radius 2 is 1.84 bits per heavy atom. The molecule has 1 aromatic heterocycles. The van der Waals surface area contributed by atoms with Gasteiger partial charge in [0, 0.05) is 11.8 Å². The SMILES string of the molecule is Cc1nc(F)ccc1Oc1cc(C(F)(F)F)ccc1C(=O)Nc1cccc([S+]([O-])N(C)C(=O)[C@@H](C)N)c1. The molecular weight excluding hydrogens is 516 g/mol. The van der Waals surface area contributed by atoms with Gasteiger partial charge in [-0.3, -0.25) is 9.59 Å². The number of hydrogen-bond donors (Lipinski definition) is 2. The maximum atomic E-state index is 13.4. The number of carbonyl (C=O) groups excluding carboxylic acids is 2. The van der Waals surface area contributed by atoms with Crippen LogP contribution in [0.15, 0.2) is 59.5 Å². The number of hydrogen-bond acceptors (Lipinski definition) is 6. The number of benzene rings is 2. The van der Waals surface area contributed by atoms with Crippen LogP contribution in [0.3, 0.4) is 0 Å². The Labute approximate surface area is 212 Å². The Kier molecular flexibility index (Phi) is 8.41. The normalized spacial score (nSPS) is 13.0. The van der Waals surface area contributed by atoms with Crippen molar-refractivity contribution in [2.45, 2.75) is 31.0 Å². The third kappa shape index (κ3) is 6.76. The predicted molar refractivity (Wildman–Crippen MR) is 128 cm³/mol. The van der Waals surface area contributed by atoms with E-state index >= 15 is 0 Å². The summed E-state index contributed by atoms with van der Waals surface area (Å²) in [6.45, 7) is 2.84. The first-order valence-corrected chi connectivity index (χ1v) is 11.8. The number of ether oxygens (including phenoxy) is 1. The summed E-state index contributed by atoms with van der Waals surface area (Å²) >= 11 is -1.93. The molecule has 8 nitrogen and oxygen atoms in total. The molecule has 0 bridgehead atoms. The average molecular weight is 539 g/mol. The zero-order valence-electron chi connectivity index (χ0n) is 19.8. The fourth-order valence-electron chi connectivity index (χ4n) is 3.12. The number of rotatable bonds is 7. The molecule has 0 saturated heterocycles. The van der Waals surface area contributed by atoms with Crippen LogP contribution in [0.4, 0.5) is 23.2 Å². The van der Waals surface area contributed by atoms with Gasteiger partial charge < -0.3 is 20.3 Å². The minimum Gasteiger partial charge on any atom is -0.588 e. The third-order valence-electron chi connectivity index (χ3n) is 5.02. The number of alkyl halides is 3. The average Bonchev–Trinajstić information content (AvgIpc) is 2.83. The molecule has 3 N–H and O–H groups in total. The van der Waals surface area contributed by atoms with Crippen LogP contribution in [0, 0.1) is 12.9 Å². The smallest absolute Gasteiger partial charge is 0.416 e. The lowest BCUT2D eigenvalue weighted by Gasteiger charge is -2.21. The number of likely N-dealkylation sites (N-methyl/N-ethyl adjacent to an activating group) is 1. The highest BCUT2D eigenvalue weighted by Gasteiger charge is 2.32. The molecule has 0 fully saturated rings. The fraction of sp³-hybridized carbons (Fsp3) is 0.208. The largest absolute Gasteiger partial charge is 0.588 e. The molecular formula is C24H22F4N4O4S. The number of nitrogens with one attached hydrogen (secondary N) is 1. The zero-order valence-corrected chi connectivity index (χ0v) is 20.6. The number of aryl methyl sites for hydroxylation is 1. The Morgan fingerprint density at radius 1 is 1.14 bits per heavy atom. The van der Waals surface area contributed by atoms with Crippen LogP contribution >= 0.6 is 0 Å². The number of nitrogens with zero attached hydrogens (tertiary/aromatic N) is 2. The van der Waals surface area contributed by atoms with Crippen molar-refractivity contribution in [2.24, 2.45) is 5.73 Å². The summed E-state index contributed by atoms with van der Waals surface area (Å²) in [5, 5.41) is 2.51. The van der Waals surface area contributed by atoms with Crippen molar-refractivity contribution < 1.29 is 36.4 Å². The molecule has 3 aromatic rings. The van der Waals surface area contributed by atoms with Crippen molar-refractivity contribution in [3.05, 3.63) is 77.4 Å². The molecule has 1 heterocycles. The van der Waals surface area contributed by atoms with Gasteiger partial charge in [-0.2, -0.15) is 21.9 Å². The van der Waals surface area contributed by atoms with Gasteiger partial charge in [0.05, 0.1) is 29.9 Å².